The molecule has 2 rings (SSSR count). The summed E-state index contributed by atoms with van der Waals surface area (Å²) in [5.74, 6) is 1.09. The van der Waals surface area contributed by atoms with Crippen molar-refractivity contribution in [1.29, 1.82) is 0 Å². The lowest BCUT2D eigenvalue weighted by Gasteiger charge is -2.18. The van der Waals surface area contributed by atoms with Crippen LogP contribution in [0.15, 0.2) is 5.38 Å². The molecule has 0 aliphatic carbocycles. The summed E-state index contributed by atoms with van der Waals surface area (Å²) < 4.78 is 0. The number of nitrogens with zero attached hydrogens (tertiary/aromatic N) is 5. The Bertz CT molecular complexity index is 579. The first-order valence-electron chi connectivity index (χ1n) is 6.90. The summed E-state index contributed by atoms with van der Waals surface area (Å²) in [5, 5.41) is 16.7. The van der Waals surface area contributed by atoms with Crippen molar-refractivity contribution in [3.63, 3.8) is 0 Å². The Morgan fingerprint density at radius 2 is 2.19 bits per heavy atom. The van der Waals surface area contributed by atoms with Gasteiger partial charge in [-0.05, 0) is 5.92 Å². The van der Waals surface area contributed by atoms with Gasteiger partial charge in [0, 0.05) is 31.3 Å². The molecule has 0 aromatic carbocycles. The van der Waals surface area contributed by atoms with E-state index in [4.69, 9.17) is 0 Å². The van der Waals surface area contributed by atoms with Gasteiger partial charge in [-0.25, -0.2) is 4.98 Å². The van der Waals surface area contributed by atoms with E-state index in [1.54, 1.807) is 23.3 Å². The SMILES string of the molecule is CC(C)Cc1nc(C(=O)N(C)CC(C)c2nn[nH]n2)cs1. The van der Waals surface area contributed by atoms with Gasteiger partial charge in [0.1, 0.15) is 5.69 Å². The third-order valence-electron chi connectivity index (χ3n) is 3.05. The topological polar surface area (TPSA) is 87.7 Å². The summed E-state index contributed by atoms with van der Waals surface area (Å²) in [4.78, 5) is 18.4. The molecule has 8 heteroatoms. The number of likely N-dealkylation sites (N-methyl/N-ethyl adjacent to an activating group) is 1. The number of rotatable bonds is 6. The van der Waals surface area contributed by atoms with Crippen molar-refractivity contribution in [2.75, 3.05) is 13.6 Å². The van der Waals surface area contributed by atoms with Crippen LogP contribution in [-0.2, 0) is 6.42 Å². The van der Waals surface area contributed by atoms with E-state index in [1.807, 2.05) is 12.3 Å². The first-order valence-corrected chi connectivity index (χ1v) is 7.78. The highest BCUT2D eigenvalue weighted by Crippen LogP contribution is 2.17. The molecular weight excluding hydrogens is 288 g/mol. The van der Waals surface area contributed by atoms with Gasteiger partial charge in [-0.1, -0.05) is 26.0 Å². The molecule has 0 fully saturated rings. The van der Waals surface area contributed by atoms with Gasteiger partial charge < -0.3 is 4.90 Å². The molecule has 2 aromatic rings. The van der Waals surface area contributed by atoms with Gasteiger partial charge in [0.2, 0.25) is 0 Å². The number of thiazole rings is 1. The average molecular weight is 308 g/mol. The largest absolute Gasteiger partial charge is 0.340 e. The number of carbonyl (C=O) groups is 1. The summed E-state index contributed by atoms with van der Waals surface area (Å²) in [6.45, 7) is 6.76. The number of H-pyrrole nitrogens is 1. The van der Waals surface area contributed by atoms with Crippen molar-refractivity contribution in [2.24, 2.45) is 5.92 Å². The lowest BCUT2D eigenvalue weighted by molar-refractivity contribution is 0.0782. The van der Waals surface area contributed by atoms with E-state index in [0.29, 0.717) is 24.0 Å². The van der Waals surface area contributed by atoms with Gasteiger partial charge >= 0.3 is 0 Å². The standard InChI is InChI=1S/C13H20N6OS/c1-8(2)5-11-14-10(7-21-11)13(20)19(4)6-9(3)12-15-17-18-16-12/h7-9H,5-6H2,1-4H3,(H,15,16,17,18). The van der Waals surface area contributed by atoms with Crippen LogP contribution in [0.5, 0.6) is 0 Å². The van der Waals surface area contributed by atoms with Gasteiger partial charge in [0.15, 0.2) is 5.82 Å². The number of nitrogens with one attached hydrogen (secondary N) is 1. The van der Waals surface area contributed by atoms with E-state index in [1.165, 1.54) is 0 Å². The van der Waals surface area contributed by atoms with Crippen LogP contribution in [-0.4, -0.2) is 50.0 Å². The Labute approximate surface area is 127 Å². The summed E-state index contributed by atoms with van der Waals surface area (Å²) in [7, 11) is 1.76. The second-order valence-corrected chi connectivity index (χ2v) is 6.52. The average Bonchev–Trinajstić information content (AvgIpc) is 3.07. The predicted octanol–water partition coefficient (Wildman–Crippen LogP) is 1.73. The van der Waals surface area contributed by atoms with Crippen LogP contribution in [0, 0.1) is 5.92 Å². The molecular formula is C13H20N6OS. The van der Waals surface area contributed by atoms with Crippen LogP contribution in [0.1, 0.15) is 48.0 Å². The van der Waals surface area contributed by atoms with Gasteiger partial charge in [-0.3, -0.25) is 4.79 Å². The van der Waals surface area contributed by atoms with Crippen LogP contribution in [0.25, 0.3) is 0 Å². The highest BCUT2D eigenvalue weighted by atomic mass is 32.1. The van der Waals surface area contributed by atoms with E-state index in [9.17, 15) is 4.79 Å². The molecule has 1 unspecified atom stereocenters. The Kier molecular flexibility index (Phi) is 5.00. The molecule has 0 aliphatic rings. The molecule has 0 saturated carbocycles. The van der Waals surface area contributed by atoms with Crippen molar-refractivity contribution < 1.29 is 4.79 Å². The number of tetrazole rings is 1. The quantitative estimate of drug-likeness (QED) is 0.878. The lowest BCUT2D eigenvalue weighted by Crippen LogP contribution is -2.31. The highest BCUT2D eigenvalue weighted by Gasteiger charge is 2.20. The maximum atomic E-state index is 12.4. The van der Waals surface area contributed by atoms with Crippen LogP contribution >= 0.6 is 11.3 Å². The smallest absolute Gasteiger partial charge is 0.273 e. The Morgan fingerprint density at radius 3 is 2.81 bits per heavy atom. The fraction of sp³-hybridized carbons (Fsp3) is 0.615. The lowest BCUT2D eigenvalue weighted by atomic mass is 10.1. The van der Waals surface area contributed by atoms with Crippen LogP contribution < -0.4 is 0 Å². The summed E-state index contributed by atoms with van der Waals surface area (Å²) in [5.41, 5.74) is 0.512. The Hall–Kier alpha value is -1.83. The van der Waals surface area contributed by atoms with E-state index in [0.717, 1.165) is 11.4 Å². The number of amides is 1. The minimum Gasteiger partial charge on any atom is -0.340 e. The number of aromatic nitrogens is 5. The zero-order valence-electron chi connectivity index (χ0n) is 12.7. The Balaban J connectivity index is 1.97. The normalized spacial score (nSPS) is 12.6. The Morgan fingerprint density at radius 1 is 1.43 bits per heavy atom. The molecule has 1 amide bonds. The molecule has 114 valence electrons. The van der Waals surface area contributed by atoms with Crippen molar-refractivity contribution in [1.82, 2.24) is 30.5 Å². The molecule has 0 aliphatic heterocycles. The first-order chi connectivity index (χ1) is 9.97. The predicted molar refractivity (Wildman–Crippen MR) is 80.2 cm³/mol. The van der Waals surface area contributed by atoms with Crippen molar-refractivity contribution >= 4 is 17.2 Å². The molecule has 1 N–H and O–H groups in total. The van der Waals surface area contributed by atoms with Crippen molar-refractivity contribution in [3.05, 3.63) is 21.9 Å². The van der Waals surface area contributed by atoms with Crippen molar-refractivity contribution in [2.45, 2.75) is 33.1 Å². The van der Waals surface area contributed by atoms with Gasteiger partial charge in [0.25, 0.3) is 5.91 Å². The van der Waals surface area contributed by atoms with Crippen molar-refractivity contribution in [3.8, 4) is 0 Å². The number of carbonyl (C=O) groups excluding carboxylic acids is 1. The molecule has 0 bridgehead atoms. The molecule has 0 saturated heterocycles. The minimum absolute atomic E-state index is 0.0199. The molecule has 7 nitrogen and oxygen atoms in total. The molecule has 2 heterocycles. The fourth-order valence-electron chi connectivity index (χ4n) is 2.00. The monoisotopic (exact) mass is 308 g/mol. The minimum atomic E-state index is -0.0726. The number of aromatic amines is 1. The molecule has 0 radical (unpaired) electrons. The molecule has 1 atom stereocenters. The zero-order valence-corrected chi connectivity index (χ0v) is 13.5. The van der Waals surface area contributed by atoms with E-state index in [-0.39, 0.29) is 11.8 Å². The maximum absolute atomic E-state index is 12.4. The fourth-order valence-corrected chi connectivity index (χ4v) is 2.98. The molecule has 2 aromatic heterocycles. The van der Waals surface area contributed by atoms with Gasteiger partial charge in [-0.2, -0.15) is 5.21 Å². The van der Waals surface area contributed by atoms with E-state index >= 15 is 0 Å². The second kappa shape index (κ2) is 6.75. The third-order valence-corrected chi connectivity index (χ3v) is 3.92. The molecule has 21 heavy (non-hydrogen) atoms. The van der Waals surface area contributed by atoms with Crippen LogP contribution in [0.3, 0.4) is 0 Å². The second-order valence-electron chi connectivity index (χ2n) is 5.58. The number of hydrogen-bond acceptors (Lipinski definition) is 6. The van der Waals surface area contributed by atoms with E-state index < -0.39 is 0 Å². The van der Waals surface area contributed by atoms with Gasteiger partial charge in [0.05, 0.1) is 5.01 Å². The van der Waals surface area contributed by atoms with Crippen LogP contribution in [0.2, 0.25) is 0 Å². The first kappa shape index (κ1) is 15.6. The summed E-state index contributed by atoms with van der Waals surface area (Å²) in [6, 6.07) is 0. The maximum Gasteiger partial charge on any atom is 0.273 e. The van der Waals surface area contributed by atoms with Crippen LogP contribution in [0.4, 0.5) is 0 Å². The van der Waals surface area contributed by atoms with E-state index in [2.05, 4.69) is 39.5 Å². The zero-order chi connectivity index (χ0) is 15.4. The third kappa shape index (κ3) is 4.07. The number of hydrogen-bond donors (Lipinski definition) is 1. The summed E-state index contributed by atoms with van der Waals surface area (Å²) >= 11 is 1.54. The summed E-state index contributed by atoms with van der Waals surface area (Å²) in [6.07, 6.45) is 0.904. The molecule has 0 spiro atoms. The highest BCUT2D eigenvalue weighted by molar-refractivity contribution is 7.09. The van der Waals surface area contributed by atoms with Gasteiger partial charge in [-0.15, -0.1) is 21.5 Å².